The van der Waals surface area contributed by atoms with E-state index in [0.29, 0.717) is 0 Å². The second kappa shape index (κ2) is 2.30. The fourth-order valence-electron chi connectivity index (χ4n) is 1.44. The highest BCUT2D eigenvalue weighted by atomic mass is 16.5. The summed E-state index contributed by atoms with van der Waals surface area (Å²) in [6.45, 7) is 4.12. The molecule has 1 atom stereocenters. The van der Waals surface area contributed by atoms with E-state index in [1.54, 1.807) is 0 Å². The molecule has 0 radical (unpaired) electrons. The molecular weight excluding hydrogens is 142 g/mol. The van der Waals surface area contributed by atoms with Crippen molar-refractivity contribution in [3.8, 4) is 0 Å². The van der Waals surface area contributed by atoms with Gasteiger partial charge in [0, 0.05) is 6.54 Å². The highest BCUT2D eigenvalue weighted by Crippen LogP contribution is 2.27. The Balaban J connectivity index is 2.27. The van der Waals surface area contributed by atoms with Crippen molar-refractivity contribution in [3.63, 3.8) is 0 Å². The third kappa shape index (κ3) is 1.03. The lowest BCUT2D eigenvalue weighted by Crippen LogP contribution is -2.25. The maximum Gasteiger partial charge on any atom is 0.233 e. The number of hydrogen-bond donors (Lipinski definition) is 1. The highest BCUT2D eigenvalue weighted by molar-refractivity contribution is 5.05. The van der Waals surface area contributed by atoms with Crippen molar-refractivity contribution in [3.05, 3.63) is 12.2 Å². The van der Waals surface area contributed by atoms with E-state index >= 15 is 0 Å². The fourth-order valence-corrected chi connectivity index (χ4v) is 1.44. The predicted octanol–water partition coefficient (Wildman–Crippen LogP) is 0.321. The Kier molecular flexibility index (Phi) is 1.42. The van der Waals surface area contributed by atoms with Crippen molar-refractivity contribution in [1.82, 2.24) is 15.5 Å². The third-order valence-electron chi connectivity index (χ3n) is 2.25. The van der Waals surface area contributed by atoms with Crippen LogP contribution >= 0.6 is 0 Å². The SMILES string of the molecule is CC1(c2ncno2)CCNC1. The van der Waals surface area contributed by atoms with Crippen molar-refractivity contribution in [2.75, 3.05) is 13.1 Å². The normalized spacial score (nSPS) is 31.0. The summed E-state index contributed by atoms with van der Waals surface area (Å²) in [6.07, 6.45) is 2.54. The first-order valence-electron chi connectivity index (χ1n) is 3.79. The van der Waals surface area contributed by atoms with Crippen molar-refractivity contribution < 1.29 is 4.52 Å². The standard InChI is InChI=1S/C7H11N3O/c1-7(2-3-8-4-7)6-9-5-10-11-6/h5,8H,2-4H2,1H3. The van der Waals surface area contributed by atoms with Gasteiger partial charge < -0.3 is 9.84 Å². The van der Waals surface area contributed by atoms with Gasteiger partial charge in [0.05, 0.1) is 5.41 Å². The van der Waals surface area contributed by atoms with Crippen molar-refractivity contribution >= 4 is 0 Å². The van der Waals surface area contributed by atoms with E-state index in [1.165, 1.54) is 6.33 Å². The lowest BCUT2D eigenvalue weighted by Gasteiger charge is -2.15. The van der Waals surface area contributed by atoms with Crippen LogP contribution in [0.4, 0.5) is 0 Å². The van der Waals surface area contributed by atoms with Gasteiger partial charge in [-0.15, -0.1) is 0 Å². The molecule has 1 saturated heterocycles. The predicted molar refractivity (Wildman–Crippen MR) is 39.1 cm³/mol. The van der Waals surface area contributed by atoms with Gasteiger partial charge >= 0.3 is 0 Å². The molecule has 11 heavy (non-hydrogen) atoms. The first-order chi connectivity index (χ1) is 5.31. The first-order valence-corrected chi connectivity index (χ1v) is 3.79. The maximum atomic E-state index is 5.02. The summed E-state index contributed by atoms with van der Waals surface area (Å²) < 4.78 is 5.02. The number of rotatable bonds is 1. The topological polar surface area (TPSA) is 51.0 Å². The van der Waals surface area contributed by atoms with E-state index in [0.717, 1.165) is 25.4 Å². The van der Waals surface area contributed by atoms with Crippen molar-refractivity contribution in [2.45, 2.75) is 18.8 Å². The third-order valence-corrected chi connectivity index (χ3v) is 2.25. The maximum absolute atomic E-state index is 5.02. The van der Waals surface area contributed by atoms with Gasteiger partial charge in [0.15, 0.2) is 6.33 Å². The van der Waals surface area contributed by atoms with E-state index in [9.17, 15) is 0 Å². The second-order valence-electron chi connectivity index (χ2n) is 3.23. The van der Waals surface area contributed by atoms with Crippen LogP contribution in [0.2, 0.25) is 0 Å². The van der Waals surface area contributed by atoms with Gasteiger partial charge in [-0.1, -0.05) is 5.16 Å². The molecule has 0 aliphatic carbocycles. The molecule has 0 amide bonds. The minimum absolute atomic E-state index is 0.0660. The second-order valence-corrected chi connectivity index (χ2v) is 3.23. The Bertz CT molecular complexity index is 226. The van der Waals surface area contributed by atoms with Crippen LogP contribution in [0.3, 0.4) is 0 Å². The molecule has 4 nitrogen and oxygen atoms in total. The van der Waals surface area contributed by atoms with Gasteiger partial charge in [-0.25, -0.2) is 0 Å². The van der Waals surface area contributed by atoms with Crippen LogP contribution in [0.15, 0.2) is 10.9 Å². The summed E-state index contributed by atoms with van der Waals surface area (Å²) in [7, 11) is 0. The molecular formula is C7H11N3O. The van der Waals surface area contributed by atoms with Gasteiger partial charge in [-0.3, -0.25) is 0 Å². The van der Waals surface area contributed by atoms with Gasteiger partial charge in [0.2, 0.25) is 5.89 Å². The van der Waals surface area contributed by atoms with Crippen LogP contribution in [0.1, 0.15) is 19.2 Å². The Morgan fingerprint density at radius 3 is 3.18 bits per heavy atom. The molecule has 0 aromatic carbocycles. The Morgan fingerprint density at radius 1 is 1.73 bits per heavy atom. The lowest BCUT2D eigenvalue weighted by molar-refractivity contribution is 0.306. The molecule has 1 fully saturated rings. The minimum Gasteiger partial charge on any atom is -0.339 e. The molecule has 2 rings (SSSR count). The summed E-state index contributed by atoms with van der Waals surface area (Å²) in [4.78, 5) is 4.05. The average molecular weight is 153 g/mol. The Hall–Kier alpha value is -0.900. The number of nitrogens with zero attached hydrogens (tertiary/aromatic N) is 2. The van der Waals surface area contributed by atoms with E-state index in [-0.39, 0.29) is 5.41 Å². The molecule has 2 heterocycles. The minimum atomic E-state index is 0.0660. The summed E-state index contributed by atoms with van der Waals surface area (Å²) in [5.74, 6) is 0.752. The summed E-state index contributed by atoms with van der Waals surface area (Å²) in [5.41, 5.74) is 0.0660. The Labute approximate surface area is 65.0 Å². The quantitative estimate of drug-likeness (QED) is 0.631. The van der Waals surface area contributed by atoms with Crippen molar-refractivity contribution in [1.29, 1.82) is 0 Å². The van der Waals surface area contributed by atoms with Crippen LogP contribution in [0.25, 0.3) is 0 Å². The molecule has 4 heteroatoms. The zero-order valence-corrected chi connectivity index (χ0v) is 6.50. The first kappa shape index (κ1) is 6.79. The number of hydrogen-bond acceptors (Lipinski definition) is 4. The smallest absolute Gasteiger partial charge is 0.233 e. The summed E-state index contributed by atoms with van der Waals surface area (Å²) in [5, 5.41) is 6.87. The van der Waals surface area contributed by atoms with Crippen LogP contribution in [0, 0.1) is 0 Å². The van der Waals surface area contributed by atoms with E-state index < -0.39 is 0 Å². The van der Waals surface area contributed by atoms with E-state index in [4.69, 9.17) is 4.52 Å². The Morgan fingerprint density at radius 2 is 2.64 bits per heavy atom. The molecule has 1 aromatic heterocycles. The van der Waals surface area contributed by atoms with E-state index in [1.807, 2.05) is 0 Å². The molecule has 1 aliphatic rings. The molecule has 0 bridgehead atoms. The van der Waals surface area contributed by atoms with Crippen LogP contribution in [0.5, 0.6) is 0 Å². The lowest BCUT2D eigenvalue weighted by atomic mass is 9.90. The highest BCUT2D eigenvalue weighted by Gasteiger charge is 2.35. The average Bonchev–Trinajstić information content (AvgIpc) is 2.55. The van der Waals surface area contributed by atoms with Gasteiger partial charge in [-0.05, 0) is 19.9 Å². The van der Waals surface area contributed by atoms with Crippen LogP contribution < -0.4 is 5.32 Å². The zero-order chi connectivity index (χ0) is 7.73. The summed E-state index contributed by atoms with van der Waals surface area (Å²) >= 11 is 0. The van der Waals surface area contributed by atoms with Gasteiger partial charge in [0.1, 0.15) is 0 Å². The van der Waals surface area contributed by atoms with Crippen LogP contribution in [-0.4, -0.2) is 23.2 Å². The van der Waals surface area contributed by atoms with Gasteiger partial charge in [-0.2, -0.15) is 4.98 Å². The van der Waals surface area contributed by atoms with E-state index in [2.05, 4.69) is 22.4 Å². The summed E-state index contributed by atoms with van der Waals surface area (Å²) in [6, 6.07) is 0. The fraction of sp³-hybridized carbons (Fsp3) is 0.714. The monoisotopic (exact) mass is 153 g/mol. The van der Waals surface area contributed by atoms with Crippen molar-refractivity contribution in [2.24, 2.45) is 0 Å². The molecule has 1 aliphatic heterocycles. The molecule has 1 aromatic rings. The molecule has 0 saturated carbocycles. The molecule has 1 N–H and O–H groups in total. The van der Waals surface area contributed by atoms with Crippen LogP contribution in [-0.2, 0) is 5.41 Å². The number of aromatic nitrogens is 2. The zero-order valence-electron chi connectivity index (χ0n) is 6.50. The molecule has 0 spiro atoms. The van der Waals surface area contributed by atoms with Gasteiger partial charge in [0.25, 0.3) is 0 Å². The number of nitrogens with one attached hydrogen (secondary N) is 1. The molecule has 60 valence electrons. The largest absolute Gasteiger partial charge is 0.339 e. The molecule has 1 unspecified atom stereocenters.